The average molecular weight is 397 g/mol. The predicted octanol–water partition coefficient (Wildman–Crippen LogP) is 3.53. The molecule has 1 aliphatic rings. The number of amides is 2. The molecule has 1 heterocycles. The van der Waals surface area contributed by atoms with Gasteiger partial charge >= 0.3 is 0 Å². The van der Waals surface area contributed by atoms with Crippen LogP contribution in [0.2, 0.25) is 0 Å². The summed E-state index contributed by atoms with van der Waals surface area (Å²) < 4.78 is 14.0. The number of hydrogen-bond donors (Lipinski definition) is 0. The summed E-state index contributed by atoms with van der Waals surface area (Å²) in [5.41, 5.74) is 3.60. The van der Waals surface area contributed by atoms with Crippen molar-refractivity contribution in [1.29, 1.82) is 0 Å². The molecule has 1 saturated heterocycles. The summed E-state index contributed by atoms with van der Waals surface area (Å²) in [6, 6.07) is 12.6. The minimum Gasteiger partial charge on any atom is -0.366 e. The lowest BCUT2D eigenvalue weighted by molar-refractivity contribution is -0.131. The van der Waals surface area contributed by atoms with E-state index in [0.717, 1.165) is 16.8 Å². The van der Waals surface area contributed by atoms with Crippen molar-refractivity contribution in [3.63, 3.8) is 0 Å². The topological polar surface area (TPSA) is 43.9 Å². The van der Waals surface area contributed by atoms with Gasteiger partial charge in [-0.05, 0) is 43.2 Å². The van der Waals surface area contributed by atoms with Crippen LogP contribution < -0.4 is 9.80 Å². The highest BCUT2D eigenvalue weighted by Crippen LogP contribution is 2.24. The van der Waals surface area contributed by atoms with E-state index in [0.29, 0.717) is 38.4 Å². The highest BCUT2D eigenvalue weighted by Gasteiger charge is 2.24. The van der Waals surface area contributed by atoms with E-state index in [1.807, 2.05) is 43.0 Å². The fraction of sp³-hybridized carbons (Fsp3) is 0.391. The zero-order chi connectivity index (χ0) is 21.0. The van der Waals surface area contributed by atoms with Gasteiger partial charge < -0.3 is 14.7 Å². The van der Waals surface area contributed by atoms with Crippen LogP contribution in [0.25, 0.3) is 0 Å². The molecule has 29 heavy (non-hydrogen) atoms. The molecular formula is C23H28FN3O2. The van der Waals surface area contributed by atoms with Gasteiger partial charge in [0, 0.05) is 51.8 Å². The molecule has 0 aromatic heterocycles. The molecule has 6 heteroatoms. The number of aryl methyl sites for hydroxylation is 1. The molecule has 0 unspecified atom stereocenters. The maximum absolute atomic E-state index is 14.0. The van der Waals surface area contributed by atoms with Crippen molar-refractivity contribution in [2.45, 2.75) is 27.2 Å². The highest BCUT2D eigenvalue weighted by molar-refractivity contribution is 5.93. The Labute approximate surface area is 171 Å². The lowest BCUT2D eigenvalue weighted by Gasteiger charge is -2.36. The number of nitrogens with zero attached hydrogens (tertiary/aromatic N) is 3. The minimum atomic E-state index is -0.238. The molecule has 0 bridgehead atoms. The number of rotatable bonds is 5. The van der Waals surface area contributed by atoms with E-state index in [2.05, 4.69) is 0 Å². The lowest BCUT2D eigenvalue weighted by Crippen LogP contribution is -2.49. The first-order valence-corrected chi connectivity index (χ1v) is 10.00. The Kier molecular flexibility index (Phi) is 6.52. The van der Waals surface area contributed by atoms with Crippen molar-refractivity contribution in [3.05, 3.63) is 59.4 Å². The van der Waals surface area contributed by atoms with E-state index < -0.39 is 0 Å². The van der Waals surface area contributed by atoms with Crippen LogP contribution in [0.1, 0.15) is 24.5 Å². The Morgan fingerprint density at radius 2 is 1.69 bits per heavy atom. The zero-order valence-electron chi connectivity index (χ0n) is 17.3. The summed E-state index contributed by atoms with van der Waals surface area (Å²) in [4.78, 5) is 30.4. The number of carbonyl (C=O) groups excluding carboxylic acids is 2. The number of anilines is 2. The Hall–Kier alpha value is -2.89. The molecule has 1 fully saturated rings. The highest BCUT2D eigenvalue weighted by atomic mass is 19.1. The van der Waals surface area contributed by atoms with Crippen LogP contribution in [-0.4, -0.2) is 49.4 Å². The molecule has 0 radical (unpaired) electrons. The van der Waals surface area contributed by atoms with Gasteiger partial charge in [0.25, 0.3) is 0 Å². The van der Waals surface area contributed by atoms with Gasteiger partial charge in [-0.2, -0.15) is 0 Å². The van der Waals surface area contributed by atoms with Crippen molar-refractivity contribution < 1.29 is 14.0 Å². The number of hydrogen-bond acceptors (Lipinski definition) is 3. The minimum absolute atomic E-state index is 0.0229. The van der Waals surface area contributed by atoms with Crippen molar-refractivity contribution in [1.82, 2.24) is 4.90 Å². The maximum atomic E-state index is 14.0. The van der Waals surface area contributed by atoms with Crippen LogP contribution in [0.15, 0.2) is 42.5 Å². The van der Waals surface area contributed by atoms with Crippen molar-refractivity contribution in [2.75, 3.05) is 42.5 Å². The molecule has 2 aromatic rings. The number of halogens is 1. The summed E-state index contributed by atoms with van der Waals surface area (Å²) in [7, 11) is 0. The van der Waals surface area contributed by atoms with Gasteiger partial charge in [-0.25, -0.2) is 4.39 Å². The molecule has 1 aliphatic heterocycles. The van der Waals surface area contributed by atoms with Gasteiger partial charge in [0.1, 0.15) is 5.82 Å². The maximum Gasteiger partial charge on any atom is 0.224 e. The zero-order valence-corrected chi connectivity index (χ0v) is 17.3. The Morgan fingerprint density at radius 3 is 2.34 bits per heavy atom. The van der Waals surface area contributed by atoms with Crippen molar-refractivity contribution >= 4 is 23.2 Å². The van der Waals surface area contributed by atoms with E-state index >= 15 is 0 Å². The molecule has 0 N–H and O–H groups in total. The monoisotopic (exact) mass is 397 g/mol. The van der Waals surface area contributed by atoms with E-state index in [1.54, 1.807) is 21.9 Å². The van der Waals surface area contributed by atoms with Gasteiger partial charge in [-0.3, -0.25) is 9.59 Å². The molecule has 0 atom stereocenters. The molecule has 2 aromatic carbocycles. The van der Waals surface area contributed by atoms with Gasteiger partial charge in [0.05, 0.1) is 5.69 Å². The molecule has 3 rings (SSSR count). The van der Waals surface area contributed by atoms with Crippen LogP contribution in [0.3, 0.4) is 0 Å². The van der Waals surface area contributed by atoms with E-state index in [4.69, 9.17) is 0 Å². The molecule has 0 spiro atoms. The molecule has 0 saturated carbocycles. The van der Waals surface area contributed by atoms with Crippen molar-refractivity contribution in [2.24, 2.45) is 0 Å². The van der Waals surface area contributed by atoms with Gasteiger partial charge in [-0.1, -0.05) is 24.3 Å². The molecule has 5 nitrogen and oxygen atoms in total. The lowest BCUT2D eigenvalue weighted by atomic mass is 10.1. The summed E-state index contributed by atoms with van der Waals surface area (Å²) >= 11 is 0. The van der Waals surface area contributed by atoms with E-state index in [-0.39, 0.29) is 24.1 Å². The first-order chi connectivity index (χ1) is 13.9. The third kappa shape index (κ3) is 4.75. The van der Waals surface area contributed by atoms with Crippen molar-refractivity contribution in [3.8, 4) is 0 Å². The van der Waals surface area contributed by atoms with Crippen LogP contribution in [0.4, 0.5) is 15.8 Å². The summed E-state index contributed by atoms with van der Waals surface area (Å²) in [6.07, 6.45) is 0.270. The molecular weight excluding hydrogens is 369 g/mol. The van der Waals surface area contributed by atoms with Gasteiger partial charge in [-0.15, -0.1) is 0 Å². The normalized spacial score (nSPS) is 14.1. The van der Waals surface area contributed by atoms with Crippen LogP contribution in [0.5, 0.6) is 0 Å². The van der Waals surface area contributed by atoms with E-state index in [9.17, 15) is 14.0 Å². The van der Waals surface area contributed by atoms with Gasteiger partial charge in [0.2, 0.25) is 11.8 Å². The predicted molar refractivity (Wildman–Crippen MR) is 114 cm³/mol. The first-order valence-electron chi connectivity index (χ1n) is 10.00. The third-order valence-corrected chi connectivity index (χ3v) is 5.62. The number of para-hydroxylation sites is 1. The molecule has 2 amide bonds. The Bertz CT molecular complexity index is 891. The quantitative estimate of drug-likeness (QED) is 0.775. The number of benzene rings is 2. The van der Waals surface area contributed by atoms with E-state index in [1.165, 1.54) is 13.0 Å². The molecule has 154 valence electrons. The second kappa shape index (κ2) is 9.07. The van der Waals surface area contributed by atoms with Crippen LogP contribution in [-0.2, 0) is 9.59 Å². The SMILES string of the molecule is CC(=O)N(CCC(=O)N1CCN(c2ccccc2F)CC1)c1cccc(C)c1C. The summed E-state index contributed by atoms with van der Waals surface area (Å²) in [6.45, 7) is 8.18. The smallest absolute Gasteiger partial charge is 0.224 e. The number of carbonyl (C=O) groups is 2. The fourth-order valence-electron chi connectivity index (χ4n) is 3.75. The largest absolute Gasteiger partial charge is 0.366 e. The second-order valence-electron chi connectivity index (χ2n) is 7.46. The molecule has 0 aliphatic carbocycles. The van der Waals surface area contributed by atoms with Crippen LogP contribution >= 0.6 is 0 Å². The Morgan fingerprint density at radius 1 is 1.00 bits per heavy atom. The fourth-order valence-corrected chi connectivity index (χ4v) is 3.75. The summed E-state index contributed by atoms with van der Waals surface area (Å²) in [5, 5.41) is 0. The van der Waals surface area contributed by atoms with Gasteiger partial charge in [0.15, 0.2) is 0 Å². The first kappa shape index (κ1) is 20.8. The second-order valence-corrected chi connectivity index (χ2v) is 7.46. The van der Waals surface area contributed by atoms with Crippen LogP contribution in [0, 0.1) is 19.7 Å². The number of piperazine rings is 1. The third-order valence-electron chi connectivity index (χ3n) is 5.62. The Balaban J connectivity index is 1.58. The average Bonchev–Trinajstić information content (AvgIpc) is 2.71. The summed E-state index contributed by atoms with van der Waals surface area (Å²) in [5.74, 6) is -0.288. The standard InChI is InChI=1S/C23H28FN3O2/c1-17-7-6-10-21(18(17)2)27(19(3)28)12-11-23(29)26-15-13-25(14-16-26)22-9-5-4-8-20(22)24/h4-10H,11-16H2,1-3H3.